The van der Waals surface area contributed by atoms with Gasteiger partial charge >= 0.3 is 5.97 Å². The van der Waals surface area contributed by atoms with Crippen molar-refractivity contribution in [1.29, 1.82) is 0 Å². The van der Waals surface area contributed by atoms with E-state index in [-0.39, 0.29) is 12.1 Å². The molecule has 2 aromatic carbocycles. The standard InChI is InChI=1S/C18H16N2O2/c21-18(16-9-5-2-6-10-16)22-17(13-20-12-11-19-14-20)15-7-3-1-4-8-15/h1-12,14,17H,13H2. The number of imidazole rings is 1. The van der Waals surface area contributed by atoms with E-state index in [2.05, 4.69) is 4.98 Å². The van der Waals surface area contributed by atoms with Crippen LogP contribution in [0.4, 0.5) is 0 Å². The number of rotatable bonds is 5. The number of carbonyl (C=O) groups is 1. The first-order chi connectivity index (χ1) is 10.8. The zero-order chi connectivity index (χ0) is 15.2. The Morgan fingerprint density at radius 1 is 1.05 bits per heavy atom. The second-order valence-corrected chi connectivity index (χ2v) is 4.93. The molecule has 0 aliphatic heterocycles. The minimum absolute atomic E-state index is 0.324. The number of hydrogen-bond donors (Lipinski definition) is 0. The summed E-state index contributed by atoms with van der Waals surface area (Å²) in [5.74, 6) is -0.324. The molecular weight excluding hydrogens is 276 g/mol. The maximum Gasteiger partial charge on any atom is 0.338 e. The van der Waals surface area contributed by atoms with Crippen molar-refractivity contribution in [3.63, 3.8) is 0 Å². The van der Waals surface area contributed by atoms with Crippen molar-refractivity contribution >= 4 is 5.97 Å². The van der Waals surface area contributed by atoms with Gasteiger partial charge in [-0.15, -0.1) is 0 Å². The van der Waals surface area contributed by atoms with Crippen molar-refractivity contribution in [2.45, 2.75) is 12.6 Å². The minimum Gasteiger partial charge on any atom is -0.452 e. The highest BCUT2D eigenvalue weighted by molar-refractivity contribution is 5.89. The SMILES string of the molecule is O=C(OC(Cn1ccnc1)c1ccccc1)c1ccccc1. The monoisotopic (exact) mass is 292 g/mol. The van der Waals surface area contributed by atoms with Crippen molar-refractivity contribution in [3.05, 3.63) is 90.5 Å². The molecule has 0 radical (unpaired) electrons. The molecule has 22 heavy (non-hydrogen) atoms. The van der Waals surface area contributed by atoms with Crippen molar-refractivity contribution in [2.24, 2.45) is 0 Å². The third-order valence-electron chi connectivity index (χ3n) is 3.37. The molecule has 1 unspecified atom stereocenters. The topological polar surface area (TPSA) is 44.1 Å². The number of aromatic nitrogens is 2. The van der Waals surface area contributed by atoms with Gasteiger partial charge in [0, 0.05) is 12.4 Å². The van der Waals surface area contributed by atoms with Crippen LogP contribution in [0.2, 0.25) is 0 Å². The highest BCUT2D eigenvalue weighted by atomic mass is 16.5. The third kappa shape index (κ3) is 3.41. The first-order valence-corrected chi connectivity index (χ1v) is 7.09. The number of ether oxygens (including phenoxy) is 1. The molecule has 3 aromatic rings. The Hall–Kier alpha value is -2.88. The lowest BCUT2D eigenvalue weighted by molar-refractivity contribution is 0.0255. The molecule has 0 aliphatic rings. The quantitative estimate of drug-likeness (QED) is 0.676. The van der Waals surface area contributed by atoms with Gasteiger partial charge in [0.1, 0.15) is 6.10 Å². The zero-order valence-corrected chi connectivity index (χ0v) is 12.0. The van der Waals surface area contributed by atoms with Crippen LogP contribution in [0.15, 0.2) is 79.4 Å². The van der Waals surface area contributed by atoms with E-state index in [0.29, 0.717) is 12.1 Å². The van der Waals surface area contributed by atoms with Crippen LogP contribution in [-0.4, -0.2) is 15.5 Å². The van der Waals surface area contributed by atoms with Crippen molar-refractivity contribution in [2.75, 3.05) is 0 Å². The van der Waals surface area contributed by atoms with E-state index in [1.165, 1.54) is 0 Å². The second kappa shape index (κ2) is 6.72. The van der Waals surface area contributed by atoms with Gasteiger partial charge in [0.15, 0.2) is 0 Å². The van der Waals surface area contributed by atoms with E-state index in [1.807, 2.05) is 59.3 Å². The lowest BCUT2D eigenvalue weighted by Crippen LogP contribution is -2.16. The Labute approximate surface area is 129 Å². The summed E-state index contributed by atoms with van der Waals surface area (Å²) in [6, 6.07) is 18.8. The Balaban J connectivity index is 1.81. The van der Waals surface area contributed by atoms with Crippen LogP contribution in [0.25, 0.3) is 0 Å². The van der Waals surface area contributed by atoms with E-state index >= 15 is 0 Å². The lowest BCUT2D eigenvalue weighted by Gasteiger charge is -2.19. The first kappa shape index (κ1) is 14.1. The predicted molar refractivity (Wildman–Crippen MR) is 83.3 cm³/mol. The fourth-order valence-electron chi connectivity index (χ4n) is 2.24. The normalized spacial score (nSPS) is 11.8. The Kier molecular flexibility index (Phi) is 4.30. The van der Waals surface area contributed by atoms with E-state index < -0.39 is 0 Å². The summed E-state index contributed by atoms with van der Waals surface area (Å²) in [7, 11) is 0. The molecule has 0 bridgehead atoms. The first-order valence-electron chi connectivity index (χ1n) is 7.09. The van der Waals surface area contributed by atoms with Gasteiger partial charge in [-0.1, -0.05) is 48.5 Å². The molecule has 4 heteroatoms. The van der Waals surface area contributed by atoms with Crippen LogP contribution in [0.3, 0.4) is 0 Å². The average Bonchev–Trinajstić information content (AvgIpc) is 3.09. The molecule has 3 rings (SSSR count). The van der Waals surface area contributed by atoms with Crippen LogP contribution in [0, 0.1) is 0 Å². The summed E-state index contributed by atoms with van der Waals surface area (Å²) in [6.45, 7) is 0.530. The number of esters is 1. The molecule has 0 amide bonds. The Bertz CT molecular complexity index is 709. The summed E-state index contributed by atoms with van der Waals surface area (Å²) in [5.41, 5.74) is 1.51. The molecule has 0 saturated heterocycles. The second-order valence-electron chi connectivity index (χ2n) is 4.93. The molecule has 1 aromatic heterocycles. The van der Waals surface area contributed by atoms with Crippen LogP contribution in [0.1, 0.15) is 22.0 Å². The van der Waals surface area contributed by atoms with Crippen molar-refractivity contribution in [1.82, 2.24) is 9.55 Å². The fourth-order valence-corrected chi connectivity index (χ4v) is 2.24. The van der Waals surface area contributed by atoms with Gasteiger partial charge in [-0.05, 0) is 17.7 Å². The number of nitrogens with zero attached hydrogens (tertiary/aromatic N) is 2. The van der Waals surface area contributed by atoms with Gasteiger partial charge in [0.25, 0.3) is 0 Å². The van der Waals surface area contributed by atoms with Gasteiger partial charge in [-0.2, -0.15) is 0 Å². The molecular formula is C18H16N2O2. The van der Waals surface area contributed by atoms with Crippen LogP contribution in [-0.2, 0) is 11.3 Å². The molecule has 0 N–H and O–H groups in total. The molecule has 0 spiro atoms. The molecule has 1 atom stereocenters. The molecule has 0 saturated carbocycles. The van der Waals surface area contributed by atoms with Crippen molar-refractivity contribution in [3.8, 4) is 0 Å². The number of carbonyl (C=O) groups excluding carboxylic acids is 1. The largest absolute Gasteiger partial charge is 0.452 e. The molecule has 4 nitrogen and oxygen atoms in total. The smallest absolute Gasteiger partial charge is 0.338 e. The average molecular weight is 292 g/mol. The Morgan fingerprint density at radius 3 is 2.36 bits per heavy atom. The van der Waals surface area contributed by atoms with Gasteiger partial charge < -0.3 is 9.30 Å². The third-order valence-corrected chi connectivity index (χ3v) is 3.37. The minimum atomic E-state index is -0.358. The summed E-state index contributed by atoms with van der Waals surface area (Å²) in [5, 5.41) is 0. The summed E-state index contributed by atoms with van der Waals surface area (Å²) in [4.78, 5) is 16.3. The number of hydrogen-bond acceptors (Lipinski definition) is 3. The van der Waals surface area contributed by atoms with Gasteiger partial charge in [-0.25, -0.2) is 9.78 Å². The van der Waals surface area contributed by atoms with Gasteiger partial charge in [0.2, 0.25) is 0 Å². The molecule has 1 heterocycles. The van der Waals surface area contributed by atoms with E-state index in [1.54, 1.807) is 24.7 Å². The predicted octanol–water partition coefficient (Wildman–Crippen LogP) is 3.48. The summed E-state index contributed by atoms with van der Waals surface area (Å²) in [6.07, 6.45) is 4.92. The maximum absolute atomic E-state index is 12.3. The van der Waals surface area contributed by atoms with Crippen LogP contribution >= 0.6 is 0 Å². The maximum atomic E-state index is 12.3. The van der Waals surface area contributed by atoms with Crippen molar-refractivity contribution < 1.29 is 9.53 Å². The fraction of sp³-hybridized carbons (Fsp3) is 0.111. The van der Waals surface area contributed by atoms with Gasteiger partial charge in [0.05, 0.1) is 18.4 Å². The van der Waals surface area contributed by atoms with Crippen LogP contribution in [0.5, 0.6) is 0 Å². The molecule has 110 valence electrons. The number of benzene rings is 2. The summed E-state index contributed by atoms with van der Waals surface area (Å²) >= 11 is 0. The highest BCUT2D eigenvalue weighted by Gasteiger charge is 2.18. The lowest BCUT2D eigenvalue weighted by atomic mass is 10.1. The zero-order valence-electron chi connectivity index (χ0n) is 12.0. The Morgan fingerprint density at radius 2 is 1.73 bits per heavy atom. The van der Waals surface area contributed by atoms with E-state index in [4.69, 9.17) is 4.74 Å². The van der Waals surface area contributed by atoms with Crippen LogP contribution < -0.4 is 0 Å². The molecule has 0 aliphatic carbocycles. The van der Waals surface area contributed by atoms with E-state index in [9.17, 15) is 4.79 Å². The summed E-state index contributed by atoms with van der Waals surface area (Å²) < 4.78 is 7.61. The van der Waals surface area contributed by atoms with Gasteiger partial charge in [-0.3, -0.25) is 0 Å². The molecule has 0 fully saturated rings. The van der Waals surface area contributed by atoms with E-state index in [0.717, 1.165) is 5.56 Å². The highest BCUT2D eigenvalue weighted by Crippen LogP contribution is 2.21.